The molecule has 0 aliphatic heterocycles. The second-order valence-electron chi connectivity index (χ2n) is 4.72. The van der Waals surface area contributed by atoms with Crippen molar-refractivity contribution >= 4 is 19.5 Å². The van der Waals surface area contributed by atoms with Gasteiger partial charge in [0.1, 0.15) is 13.8 Å². The van der Waals surface area contributed by atoms with E-state index in [9.17, 15) is 4.79 Å². The van der Waals surface area contributed by atoms with Gasteiger partial charge in [-0.1, -0.05) is 25.6 Å². The highest BCUT2D eigenvalue weighted by Gasteiger charge is 2.09. The van der Waals surface area contributed by atoms with E-state index in [0.717, 1.165) is 0 Å². The summed E-state index contributed by atoms with van der Waals surface area (Å²) in [6.45, 7) is 7.95. The molecule has 3 nitrogen and oxygen atoms in total. The summed E-state index contributed by atoms with van der Waals surface area (Å²) >= 11 is 0. The van der Waals surface area contributed by atoms with E-state index >= 15 is 0 Å². The van der Waals surface area contributed by atoms with Crippen molar-refractivity contribution in [2.24, 2.45) is 0 Å². The number of nitrogen functional groups attached to an aromatic ring is 1. The maximum Gasteiger partial charge on any atom is 0.161 e. The summed E-state index contributed by atoms with van der Waals surface area (Å²) in [5.41, 5.74) is 10.5. The fraction of sp³-hybridized carbons (Fsp3) is 0.333. The molecule has 0 saturated carbocycles. The van der Waals surface area contributed by atoms with Gasteiger partial charge in [0.15, 0.2) is 5.78 Å². The Morgan fingerprint density at radius 2 is 2.06 bits per heavy atom. The van der Waals surface area contributed by atoms with E-state index in [0.29, 0.717) is 16.9 Å². The Balaban J connectivity index is 3.08. The normalized spacial score (nSPS) is 10.5. The minimum Gasteiger partial charge on any atom is -0.396 e. The van der Waals surface area contributed by atoms with Crippen molar-refractivity contribution in [2.75, 3.05) is 5.73 Å². The molecule has 1 heterocycles. The van der Waals surface area contributed by atoms with Crippen molar-refractivity contribution in [3.8, 4) is 11.5 Å². The molecule has 0 fully saturated rings. The van der Waals surface area contributed by atoms with Crippen molar-refractivity contribution in [1.29, 1.82) is 0 Å². The molecule has 16 heavy (non-hydrogen) atoms. The largest absolute Gasteiger partial charge is 0.396 e. The summed E-state index contributed by atoms with van der Waals surface area (Å²) < 4.78 is 0. The first-order valence-electron chi connectivity index (χ1n) is 5.09. The molecule has 2 N–H and O–H groups in total. The number of ketones is 1. The number of anilines is 1. The van der Waals surface area contributed by atoms with E-state index < -0.39 is 8.07 Å². The fourth-order valence-corrected chi connectivity index (χ4v) is 1.52. The number of carbonyl (C=O) groups excluding carboxylic acids is 1. The Labute approximate surface area is 97.1 Å². The van der Waals surface area contributed by atoms with Crippen LogP contribution in [0.4, 0.5) is 5.69 Å². The molecule has 1 aromatic rings. The maximum absolute atomic E-state index is 11.1. The van der Waals surface area contributed by atoms with Gasteiger partial charge in [-0.3, -0.25) is 4.79 Å². The minimum atomic E-state index is -1.42. The average Bonchev–Trinajstić information content (AvgIpc) is 2.14. The maximum atomic E-state index is 11.1. The molecule has 4 heteroatoms. The summed E-state index contributed by atoms with van der Waals surface area (Å²) in [5, 5.41) is 0. The average molecular weight is 232 g/mol. The lowest BCUT2D eigenvalue weighted by Crippen LogP contribution is -2.16. The van der Waals surface area contributed by atoms with Crippen molar-refractivity contribution in [1.82, 2.24) is 4.98 Å². The molecule has 0 aliphatic carbocycles. The zero-order chi connectivity index (χ0) is 12.3. The van der Waals surface area contributed by atoms with Crippen LogP contribution >= 0.6 is 0 Å². The van der Waals surface area contributed by atoms with Crippen molar-refractivity contribution in [2.45, 2.75) is 26.6 Å². The van der Waals surface area contributed by atoms with Crippen LogP contribution in [0.5, 0.6) is 0 Å². The molecule has 0 aliphatic rings. The third kappa shape index (κ3) is 3.52. The van der Waals surface area contributed by atoms with E-state index in [4.69, 9.17) is 5.73 Å². The van der Waals surface area contributed by atoms with E-state index in [1.807, 2.05) is 0 Å². The van der Waals surface area contributed by atoms with Gasteiger partial charge in [0.25, 0.3) is 0 Å². The zero-order valence-corrected chi connectivity index (χ0v) is 11.1. The first kappa shape index (κ1) is 12.5. The van der Waals surface area contributed by atoms with Crippen LogP contribution < -0.4 is 5.73 Å². The number of Topliss-reactive ketones (excluding diaryl/α,β-unsaturated/α-hetero) is 1. The van der Waals surface area contributed by atoms with E-state index in [-0.39, 0.29) is 5.78 Å². The Bertz CT molecular complexity index is 478. The van der Waals surface area contributed by atoms with Gasteiger partial charge in [-0.05, 0) is 13.0 Å². The van der Waals surface area contributed by atoms with Gasteiger partial charge in [0.05, 0.1) is 5.69 Å². The molecule has 0 saturated heterocycles. The summed E-state index contributed by atoms with van der Waals surface area (Å²) in [7, 11) is -1.42. The molecule has 0 radical (unpaired) electrons. The topological polar surface area (TPSA) is 56.0 Å². The molecule has 84 valence electrons. The molecule has 0 bridgehead atoms. The molecular formula is C12H16N2OSi. The van der Waals surface area contributed by atoms with Crippen LogP contribution in [0.2, 0.25) is 19.6 Å². The summed E-state index contributed by atoms with van der Waals surface area (Å²) in [5.74, 6) is 2.95. The smallest absolute Gasteiger partial charge is 0.161 e. The first-order valence-corrected chi connectivity index (χ1v) is 8.59. The lowest BCUT2D eigenvalue weighted by molar-refractivity contribution is 0.101. The Morgan fingerprint density at radius 3 is 2.50 bits per heavy atom. The number of rotatable bonds is 1. The third-order valence-corrected chi connectivity index (χ3v) is 2.75. The predicted octanol–water partition coefficient (Wildman–Crippen LogP) is 2.10. The van der Waals surface area contributed by atoms with Crippen LogP contribution in [0.1, 0.15) is 23.0 Å². The molecule has 0 aromatic carbocycles. The summed E-state index contributed by atoms with van der Waals surface area (Å²) in [6.07, 6.45) is 1.52. The van der Waals surface area contributed by atoms with E-state index in [1.165, 1.54) is 13.1 Å². The van der Waals surface area contributed by atoms with Crippen molar-refractivity contribution in [3.05, 3.63) is 23.5 Å². The highest BCUT2D eigenvalue weighted by Crippen LogP contribution is 2.11. The quantitative estimate of drug-likeness (QED) is 0.458. The number of nitrogens with two attached hydrogens (primary N) is 1. The first-order chi connectivity index (χ1) is 7.29. The van der Waals surface area contributed by atoms with Gasteiger partial charge in [0, 0.05) is 11.8 Å². The Kier molecular flexibility index (Phi) is 3.50. The molecule has 0 amide bonds. The highest BCUT2D eigenvalue weighted by molar-refractivity contribution is 6.83. The summed E-state index contributed by atoms with van der Waals surface area (Å²) in [4.78, 5) is 15.2. The monoisotopic (exact) mass is 232 g/mol. The van der Waals surface area contributed by atoms with Gasteiger partial charge in [-0.25, -0.2) is 4.98 Å². The fourth-order valence-electron chi connectivity index (χ4n) is 1.03. The lowest BCUT2D eigenvalue weighted by atomic mass is 10.2. The van der Waals surface area contributed by atoms with Gasteiger partial charge in [0.2, 0.25) is 0 Å². The second kappa shape index (κ2) is 4.50. The standard InChI is InChI=1S/C12H16N2OSi/c1-9(15)10-7-11(13)12(14-8-10)5-6-16(2,3)4/h7-8H,13H2,1-4H3. The minimum absolute atomic E-state index is 0.0381. The molecule has 1 rings (SSSR count). The van der Waals surface area contributed by atoms with Gasteiger partial charge < -0.3 is 5.73 Å². The van der Waals surface area contributed by atoms with Crippen LogP contribution in [0.15, 0.2) is 12.3 Å². The number of pyridine rings is 1. The van der Waals surface area contributed by atoms with E-state index in [1.54, 1.807) is 6.07 Å². The molecular weight excluding hydrogens is 216 g/mol. The molecule has 0 unspecified atom stereocenters. The lowest BCUT2D eigenvalue weighted by Gasteiger charge is -2.04. The zero-order valence-electron chi connectivity index (χ0n) is 10.1. The molecule has 0 spiro atoms. The SMILES string of the molecule is CC(=O)c1cnc(C#C[Si](C)(C)C)c(N)c1. The summed E-state index contributed by atoms with van der Waals surface area (Å²) in [6, 6.07) is 1.63. The number of hydrogen-bond acceptors (Lipinski definition) is 3. The molecule has 0 atom stereocenters. The third-order valence-electron chi connectivity index (χ3n) is 1.88. The van der Waals surface area contributed by atoms with E-state index in [2.05, 4.69) is 36.1 Å². The van der Waals surface area contributed by atoms with Crippen LogP contribution in [-0.2, 0) is 0 Å². The predicted molar refractivity (Wildman–Crippen MR) is 68.9 cm³/mol. The number of carbonyl (C=O) groups is 1. The Hall–Kier alpha value is -1.60. The van der Waals surface area contributed by atoms with Gasteiger partial charge >= 0.3 is 0 Å². The number of hydrogen-bond donors (Lipinski definition) is 1. The van der Waals surface area contributed by atoms with Gasteiger partial charge in [-0.15, -0.1) is 5.54 Å². The highest BCUT2D eigenvalue weighted by atomic mass is 28.3. The number of nitrogens with zero attached hydrogens (tertiary/aromatic N) is 1. The number of aromatic nitrogens is 1. The van der Waals surface area contributed by atoms with Gasteiger partial charge in [-0.2, -0.15) is 0 Å². The van der Waals surface area contributed by atoms with Crippen molar-refractivity contribution < 1.29 is 4.79 Å². The van der Waals surface area contributed by atoms with Crippen molar-refractivity contribution in [3.63, 3.8) is 0 Å². The molecule has 1 aromatic heterocycles. The van der Waals surface area contributed by atoms with Crippen LogP contribution in [-0.4, -0.2) is 18.8 Å². The van der Waals surface area contributed by atoms with Crippen LogP contribution in [0, 0.1) is 11.5 Å². The van der Waals surface area contributed by atoms with Crippen LogP contribution in [0.25, 0.3) is 0 Å². The van der Waals surface area contributed by atoms with Crippen LogP contribution in [0.3, 0.4) is 0 Å². The second-order valence-corrected chi connectivity index (χ2v) is 9.47. The Morgan fingerprint density at radius 1 is 1.44 bits per heavy atom.